The van der Waals surface area contributed by atoms with Gasteiger partial charge in [-0.3, -0.25) is 9.97 Å². The van der Waals surface area contributed by atoms with E-state index < -0.39 is 0 Å². The molecule has 1 aliphatic rings. The molecule has 0 radical (unpaired) electrons. The van der Waals surface area contributed by atoms with Crippen LogP contribution in [0.4, 0.5) is 11.4 Å². The minimum Gasteiger partial charge on any atom is -0.462 e. The Balaban J connectivity index is 1.71. The fourth-order valence-corrected chi connectivity index (χ4v) is 3.26. The van der Waals surface area contributed by atoms with Crippen LogP contribution >= 0.6 is 0 Å². The van der Waals surface area contributed by atoms with Crippen molar-refractivity contribution in [3.8, 4) is 0 Å². The first kappa shape index (κ1) is 15.6. The average molecular weight is 333 g/mol. The Labute approximate surface area is 146 Å². The van der Waals surface area contributed by atoms with Crippen LogP contribution in [0.5, 0.6) is 0 Å². The lowest BCUT2D eigenvalue weighted by Gasteiger charge is -2.30. The van der Waals surface area contributed by atoms with Gasteiger partial charge < -0.3 is 9.64 Å². The summed E-state index contributed by atoms with van der Waals surface area (Å²) in [7, 11) is 0. The maximum atomic E-state index is 11.9. The van der Waals surface area contributed by atoms with Gasteiger partial charge in [0.05, 0.1) is 29.1 Å². The summed E-state index contributed by atoms with van der Waals surface area (Å²) in [6.45, 7) is 3.12. The molecule has 5 nitrogen and oxygen atoms in total. The molecule has 0 saturated heterocycles. The molecular weight excluding hydrogens is 314 g/mol. The van der Waals surface area contributed by atoms with Gasteiger partial charge in [-0.25, -0.2) is 4.79 Å². The molecule has 5 heteroatoms. The maximum absolute atomic E-state index is 11.9. The third kappa shape index (κ3) is 2.93. The number of nitrogens with zero attached hydrogens (tertiary/aromatic N) is 3. The standard InChI is InChI=1S/C20H19N3O2/c1-2-25-20(24)15-11-14-7-8-16(12-18(14)22-13-15)23-10-4-5-17-19(23)6-3-9-21-17/h3,6-9,11-13H,2,4-5,10H2,1H3. The quantitative estimate of drug-likeness (QED) is 0.681. The molecule has 0 spiro atoms. The van der Waals surface area contributed by atoms with Crippen LogP contribution in [-0.4, -0.2) is 29.1 Å². The van der Waals surface area contributed by atoms with E-state index in [9.17, 15) is 4.79 Å². The van der Waals surface area contributed by atoms with Gasteiger partial charge in [0.25, 0.3) is 0 Å². The zero-order valence-electron chi connectivity index (χ0n) is 14.1. The molecule has 3 aromatic rings. The molecule has 126 valence electrons. The van der Waals surface area contributed by atoms with Crippen LogP contribution in [0.3, 0.4) is 0 Å². The average Bonchev–Trinajstić information content (AvgIpc) is 2.67. The molecule has 0 N–H and O–H groups in total. The topological polar surface area (TPSA) is 55.3 Å². The molecular formula is C20H19N3O2. The molecule has 2 aromatic heterocycles. The van der Waals surface area contributed by atoms with E-state index in [1.54, 1.807) is 13.1 Å². The lowest BCUT2D eigenvalue weighted by atomic mass is 10.1. The van der Waals surface area contributed by atoms with E-state index in [4.69, 9.17) is 4.74 Å². The summed E-state index contributed by atoms with van der Waals surface area (Å²) >= 11 is 0. The van der Waals surface area contributed by atoms with E-state index in [0.29, 0.717) is 12.2 Å². The lowest BCUT2D eigenvalue weighted by Crippen LogP contribution is -2.25. The number of fused-ring (bicyclic) bond motifs is 2. The largest absolute Gasteiger partial charge is 0.462 e. The number of pyridine rings is 2. The molecule has 0 aliphatic carbocycles. The summed E-state index contributed by atoms with van der Waals surface area (Å²) in [5.74, 6) is -0.336. The molecule has 0 saturated carbocycles. The van der Waals surface area contributed by atoms with Crippen molar-refractivity contribution in [2.75, 3.05) is 18.1 Å². The van der Waals surface area contributed by atoms with Crippen LogP contribution in [-0.2, 0) is 11.2 Å². The Morgan fingerprint density at radius 3 is 3.04 bits per heavy atom. The Morgan fingerprint density at radius 2 is 2.16 bits per heavy atom. The molecule has 1 aliphatic heterocycles. The van der Waals surface area contributed by atoms with E-state index in [1.807, 2.05) is 24.4 Å². The highest BCUT2D eigenvalue weighted by atomic mass is 16.5. The third-order valence-electron chi connectivity index (χ3n) is 4.44. The minimum absolute atomic E-state index is 0.336. The summed E-state index contributed by atoms with van der Waals surface area (Å²) in [6.07, 6.45) is 5.52. The third-order valence-corrected chi connectivity index (χ3v) is 4.44. The van der Waals surface area contributed by atoms with Crippen LogP contribution in [0.15, 0.2) is 48.8 Å². The predicted octanol–water partition coefficient (Wildman–Crippen LogP) is 3.89. The highest BCUT2D eigenvalue weighted by Crippen LogP contribution is 2.33. The van der Waals surface area contributed by atoms with Crippen LogP contribution in [0.2, 0.25) is 0 Å². The number of anilines is 2. The van der Waals surface area contributed by atoms with Crippen molar-refractivity contribution in [3.05, 3.63) is 60.0 Å². The first-order valence-electron chi connectivity index (χ1n) is 8.54. The van der Waals surface area contributed by atoms with E-state index in [-0.39, 0.29) is 5.97 Å². The summed E-state index contributed by atoms with van der Waals surface area (Å²) in [4.78, 5) is 23.1. The van der Waals surface area contributed by atoms with Gasteiger partial charge in [0.1, 0.15) is 0 Å². The van der Waals surface area contributed by atoms with E-state index in [0.717, 1.165) is 47.4 Å². The van der Waals surface area contributed by atoms with Crippen LogP contribution in [0, 0.1) is 0 Å². The van der Waals surface area contributed by atoms with Gasteiger partial charge in [0.15, 0.2) is 0 Å². The number of aromatic nitrogens is 2. The van der Waals surface area contributed by atoms with Gasteiger partial charge in [-0.1, -0.05) is 6.07 Å². The number of esters is 1. The predicted molar refractivity (Wildman–Crippen MR) is 97.3 cm³/mol. The van der Waals surface area contributed by atoms with Crippen molar-refractivity contribution in [1.82, 2.24) is 9.97 Å². The van der Waals surface area contributed by atoms with Crippen LogP contribution < -0.4 is 4.90 Å². The highest BCUT2D eigenvalue weighted by molar-refractivity contribution is 5.94. The summed E-state index contributed by atoms with van der Waals surface area (Å²) in [5, 5.41) is 0.928. The number of carbonyl (C=O) groups excluding carboxylic acids is 1. The number of hydrogen-bond acceptors (Lipinski definition) is 5. The van der Waals surface area contributed by atoms with Crippen molar-refractivity contribution >= 4 is 28.2 Å². The second kappa shape index (κ2) is 6.51. The van der Waals surface area contributed by atoms with Crippen LogP contribution in [0.1, 0.15) is 29.4 Å². The van der Waals surface area contributed by atoms with Crippen molar-refractivity contribution in [2.24, 2.45) is 0 Å². The van der Waals surface area contributed by atoms with Gasteiger partial charge in [-0.2, -0.15) is 0 Å². The summed E-state index contributed by atoms with van der Waals surface area (Å²) < 4.78 is 5.04. The number of carbonyl (C=O) groups is 1. The number of ether oxygens (including phenoxy) is 1. The Bertz CT molecular complexity index is 939. The Kier molecular flexibility index (Phi) is 4.06. The molecule has 0 amide bonds. The highest BCUT2D eigenvalue weighted by Gasteiger charge is 2.19. The van der Waals surface area contributed by atoms with Gasteiger partial charge in [0, 0.05) is 30.0 Å². The van der Waals surface area contributed by atoms with Crippen molar-refractivity contribution < 1.29 is 9.53 Å². The SMILES string of the molecule is CCOC(=O)c1cnc2cc(N3CCCc4ncccc43)ccc2c1. The maximum Gasteiger partial charge on any atom is 0.339 e. The van der Waals surface area contributed by atoms with E-state index in [1.165, 1.54) is 0 Å². The first-order chi connectivity index (χ1) is 12.3. The lowest BCUT2D eigenvalue weighted by molar-refractivity contribution is 0.0526. The zero-order chi connectivity index (χ0) is 17.2. The Morgan fingerprint density at radius 1 is 1.24 bits per heavy atom. The van der Waals surface area contributed by atoms with Gasteiger partial charge >= 0.3 is 5.97 Å². The molecule has 0 atom stereocenters. The number of hydrogen-bond donors (Lipinski definition) is 0. The van der Waals surface area contributed by atoms with Crippen molar-refractivity contribution in [3.63, 3.8) is 0 Å². The van der Waals surface area contributed by atoms with E-state index >= 15 is 0 Å². The molecule has 0 bridgehead atoms. The summed E-state index contributed by atoms with van der Waals surface area (Å²) in [5.41, 5.74) is 4.74. The normalized spacial score (nSPS) is 13.6. The van der Waals surface area contributed by atoms with Gasteiger partial charge in [-0.15, -0.1) is 0 Å². The fourth-order valence-electron chi connectivity index (χ4n) is 3.26. The van der Waals surface area contributed by atoms with Crippen molar-refractivity contribution in [2.45, 2.75) is 19.8 Å². The second-order valence-electron chi connectivity index (χ2n) is 6.05. The molecule has 1 aromatic carbocycles. The first-order valence-corrected chi connectivity index (χ1v) is 8.54. The smallest absolute Gasteiger partial charge is 0.339 e. The molecule has 4 rings (SSSR count). The molecule has 3 heterocycles. The molecule has 25 heavy (non-hydrogen) atoms. The summed E-state index contributed by atoms with van der Waals surface area (Å²) in [6, 6.07) is 12.1. The van der Waals surface area contributed by atoms with E-state index in [2.05, 4.69) is 33.1 Å². The number of aryl methyl sites for hydroxylation is 1. The Hall–Kier alpha value is -2.95. The zero-order valence-corrected chi connectivity index (χ0v) is 14.1. The minimum atomic E-state index is -0.336. The second-order valence-corrected chi connectivity index (χ2v) is 6.05. The number of benzene rings is 1. The van der Waals surface area contributed by atoms with Crippen LogP contribution in [0.25, 0.3) is 10.9 Å². The molecule has 0 unspecified atom stereocenters. The fraction of sp³-hybridized carbons (Fsp3) is 0.250. The van der Waals surface area contributed by atoms with Gasteiger partial charge in [-0.05, 0) is 50.1 Å². The monoisotopic (exact) mass is 333 g/mol. The van der Waals surface area contributed by atoms with Gasteiger partial charge in [0.2, 0.25) is 0 Å². The van der Waals surface area contributed by atoms with Crippen molar-refractivity contribution in [1.29, 1.82) is 0 Å². The number of rotatable bonds is 3. The molecule has 0 fully saturated rings.